The second kappa shape index (κ2) is 8.41. The van der Waals surface area contributed by atoms with Gasteiger partial charge >= 0.3 is 0 Å². The van der Waals surface area contributed by atoms with Crippen molar-refractivity contribution < 1.29 is 18.3 Å². The van der Waals surface area contributed by atoms with Gasteiger partial charge in [0.1, 0.15) is 11.6 Å². The van der Waals surface area contributed by atoms with Crippen molar-refractivity contribution >= 4 is 5.91 Å². The predicted molar refractivity (Wildman–Crippen MR) is 94.4 cm³/mol. The fraction of sp³-hybridized carbons (Fsp3) is 0.632. The quantitative estimate of drug-likeness (QED) is 0.883. The van der Waals surface area contributed by atoms with E-state index >= 15 is 0 Å². The van der Waals surface area contributed by atoms with Crippen LogP contribution in [0.2, 0.25) is 0 Å². The highest BCUT2D eigenvalue weighted by molar-refractivity contribution is 5.82. The monoisotopic (exact) mass is 367 g/mol. The SMILES string of the molecule is CC(c1ccc(F)cc1F)N1CCN(C(=O)C(N)C2CCOCC2)CC1. The molecule has 2 saturated heterocycles. The summed E-state index contributed by atoms with van der Waals surface area (Å²) in [5, 5.41) is 0. The van der Waals surface area contributed by atoms with E-state index in [4.69, 9.17) is 10.5 Å². The molecule has 2 fully saturated rings. The number of nitrogens with two attached hydrogens (primary N) is 1. The summed E-state index contributed by atoms with van der Waals surface area (Å²) in [5.74, 6) is -0.924. The van der Waals surface area contributed by atoms with Gasteiger partial charge in [-0.3, -0.25) is 9.69 Å². The highest BCUT2D eigenvalue weighted by Gasteiger charge is 2.32. The number of hydrogen-bond donors (Lipinski definition) is 1. The lowest BCUT2D eigenvalue weighted by atomic mass is 9.91. The third-order valence-corrected chi connectivity index (χ3v) is 5.65. The molecule has 2 aliphatic heterocycles. The van der Waals surface area contributed by atoms with Gasteiger partial charge in [-0.05, 0) is 31.7 Å². The Balaban J connectivity index is 1.55. The zero-order valence-electron chi connectivity index (χ0n) is 15.2. The average Bonchev–Trinajstić information content (AvgIpc) is 2.67. The molecule has 1 aromatic rings. The van der Waals surface area contributed by atoms with Gasteiger partial charge in [0.05, 0.1) is 6.04 Å². The zero-order chi connectivity index (χ0) is 18.7. The van der Waals surface area contributed by atoms with Crippen molar-refractivity contribution in [2.45, 2.75) is 31.8 Å². The normalized spacial score (nSPS) is 22.2. The Morgan fingerprint density at radius 3 is 2.46 bits per heavy atom. The van der Waals surface area contributed by atoms with Crippen LogP contribution < -0.4 is 5.73 Å². The Hall–Kier alpha value is -1.57. The first-order valence-corrected chi connectivity index (χ1v) is 9.28. The largest absolute Gasteiger partial charge is 0.381 e. The Morgan fingerprint density at radius 1 is 1.19 bits per heavy atom. The minimum Gasteiger partial charge on any atom is -0.381 e. The summed E-state index contributed by atoms with van der Waals surface area (Å²) in [6.45, 7) is 5.67. The predicted octanol–water partition coefficient (Wildman–Crippen LogP) is 1.92. The van der Waals surface area contributed by atoms with Crippen LogP contribution in [0.15, 0.2) is 18.2 Å². The average molecular weight is 367 g/mol. The number of benzene rings is 1. The fourth-order valence-electron chi connectivity index (χ4n) is 3.85. The van der Waals surface area contributed by atoms with E-state index in [0.717, 1.165) is 18.9 Å². The van der Waals surface area contributed by atoms with Crippen LogP contribution in [-0.4, -0.2) is 61.1 Å². The number of ether oxygens (including phenoxy) is 1. The van der Waals surface area contributed by atoms with Gasteiger partial charge in [-0.15, -0.1) is 0 Å². The molecular formula is C19H27F2N3O2. The lowest BCUT2D eigenvalue weighted by Gasteiger charge is -2.40. The van der Waals surface area contributed by atoms with Crippen LogP contribution >= 0.6 is 0 Å². The molecule has 0 aromatic heterocycles. The minimum atomic E-state index is -0.573. The van der Waals surface area contributed by atoms with Crippen LogP contribution in [0.4, 0.5) is 8.78 Å². The van der Waals surface area contributed by atoms with Gasteiger partial charge in [0.25, 0.3) is 0 Å². The van der Waals surface area contributed by atoms with E-state index in [2.05, 4.69) is 4.90 Å². The minimum absolute atomic E-state index is 0.00262. The first-order chi connectivity index (χ1) is 12.5. The van der Waals surface area contributed by atoms with Gasteiger partial charge in [0.15, 0.2) is 0 Å². The van der Waals surface area contributed by atoms with Crippen LogP contribution in [-0.2, 0) is 9.53 Å². The van der Waals surface area contributed by atoms with Crippen molar-refractivity contribution in [3.8, 4) is 0 Å². The topological polar surface area (TPSA) is 58.8 Å². The van der Waals surface area contributed by atoms with E-state index in [-0.39, 0.29) is 17.9 Å². The summed E-state index contributed by atoms with van der Waals surface area (Å²) in [6, 6.07) is 3.04. The zero-order valence-corrected chi connectivity index (χ0v) is 15.2. The van der Waals surface area contributed by atoms with Crippen LogP contribution in [0.5, 0.6) is 0 Å². The van der Waals surface area contributed by atoms with Gasteiger partial charge in [0.2, 0.25) is 5.91 Å². The van der Waals surface area contributed by atoms with Gasteiger partial charge in [-0.25, -0.2) is 8.78 Å². The molecular weight excluding hydrogens is 340 g/mol. The van der Waals surface area contributed by atoms with E-state index in [0.29, 0.717) is 45.0 Å². The number of carbonyl (C=O) groups is 1. The number of hydrogen-bond acceptors (Lipinski definition) is 4. The number of carbonyl (C=O) groups excluding carboxylic acids is 1. The van der Waals surface area contributed by atoms with Crippen molar-refractivity contribution in [1.82, 2.24) is 9.80 Å². The molecule has 2 unspecified atom stereocenters. The maximum absolute atomic E-state index is 14.0. The molecule has 0 bridgehead atoms. The molecule has 7 heteroatoms. The van der Waals surface area contributed by atoms with Gasteiger partial charge in [-0.2, -0.15) is 0 Å². The summed E-state index contributed by atoms with van der Waals surface area (Å²) in [7, 11) is 0. The lowest BCUT2D eigenvalue weighted by Crippen LogP contribution is -2.55. The van der Waals surface area contributed by atoms with E-state index in [1.165, 1.54) is 12.1 Å². The summed E-state index contributed by atoms with van der Waals surface area (Å²) >= 11 is 0. The van der Waals surface area contributed by atoms with Gasteiger partial charge in [0, 0.05) is 57.1 Å². The maximum Gasteiger partial charge on any atom is 0.239 e. The Labute approximate surface area is 153 Å². The van der Waals surface area contributed by atoms with Crippen LogP contribution in [0.25, 0.3) is 0 Å². The highest BCUT2D eigenvalue weighted by atomic mass is 19.1. The van der Waals surface area contributed by atoms with E-state index in [9.17, 15) is 13.6 Å². The summed E-state index contributed by atoms with van der Waals surface area (Å²) in [5.41, 5.74) is 6.67. The fourth-order valence-corrected chi connectivity index (χ4v) is 3.85. The van der Waals surface area contributed by atoms with Crippen molar-refractivity contribution in [2.75, 3.05) is 39.4 Å². The van der Waals surface area contributed by atoms with Crippen molar-refractivity contribution in [3.63, 3.8) is 0 Å². The number of piperazine rings is 1. The third kappa shape index (κ3) is 4.22. The molecule has 26 heavy (non-hydrogen) atoms. The number of nitrogens with zero attached hydrogens (tertiary/aromatic N) is 2. The number of amides is 1. The van der Waals surface area contributed by atoms with E-state index < -0.39 is 17.7 Å². The second-order valence-corrected chi connectivity index (χ2v) is 7.18. The Morgan fingerprint density at radius 2 is 1.85 bits per heavy atom. The van der Waals surface area contributed by atoms with Gasteiger partial charge in [-0.1, -0.05) is 6.07 Å². The smallest absolute Gasteiger partial charge is 0.239 e. The molecule has 2 N–H and O–H groups in total. The Bertz CT molecular complexity index is 629. The molecule has 2 heterocycles. The van der Waals surface area contributed by atoms with Crippen molar-refractivity contribution in [2.24, 2.45) is 11.7 Å². The third-order valence-electron chi connectivity index (χ3n) is 5.65. The lowest BCUT2D eigenvalue weighted by molar-refractivity contribution is -0.136. The highest BCUT2D eigenvalue weighted by Crippen LogP contribution is 2.25. The second-order valence-electron chi connectivity index (χ2n) is 7.18. The molecule has 0 radical (unpaired) electrons. The molecule has 144 valence electrons. The molecule has 0 aliphatic carbocycles. The first-order valence-electron chi connectivity index (χ1n) is 9.28. The van der Waals surface area contributed by atoms with Crippen LogP contribution in [0.3, 0.4) is 0 Å². The van der Waals surface area contributed by atoms with Crippen LogP contribution in [0.1, 0.15) is 31.4 Å². The van der Waals surface area contributed by atoms with Gasteiger partial charge < -0.3 is 15.4 Å². The molecule has 1 aromatic carbocycles. The number of halogens is 2. The van der Waals surface area contributed by atoms with E-state index in [1.807, 2.05) is 11.8 Å². The molecule has 2 atom stereocenters. The van der Waals surface area contributed by atoms with E-state index in [1.54, 1.807) is 0 Å². The van der Waals surface area contributed by atoms with Crippen LogP contribution in [0, 0.1) is 17.6 Å². The summed E-state index contributed by atoms with van der Waals surface area (Å²) < 4.78 is 32.5. The molecule has 2 aliphatic rings. The number of rotatable bonds is 4. The molecule has 5 nitrogen and oxygen atoms in total. The summed E-state index contributed by atoms with van der Waals surface area (Å²) in [6.07, 6.45) is 1.65. The molecule has 1 amide bonds. The molecule has 3 rings (SSSR count). The standard InChI is InChI=1S/C19H27F2N3O2/c1-13(16-3-2-15(20)12-17(16)21)23-6-8-24(9-7-23)19(25)18(22)14-4-10-26-11-5-14/h2-3,12-14,18H,4-11,22H2,1H3. The Kier molecular flexibility index (Phi) is 6.21. The van der Waals surface area contributed by atoms with Crippen molar-refractivity contribution in [3.05, 3.63) is 35.4 Å². The molecule has 0 spiro atoms. The first kappa shape index (κ1) is 19.2. The molecule has 0 saturated carbocycles. The maximum atomic E-state index is 14.0. The summed E-state index contributed by atoms with van der Waals surface area (Å²) in [4.78, 5) is 16.6. The van der Waals surface area contributed by atoms with Crippen molar-refractivity contribution in [1.29, 1.82) is 0 Å².